The van der Waals surface area contributed by atoms with Crippen molar-refractivity contribution < 1.29 is 27.1 Å². The molecular weight excluding hydrogens is 488 g/mol. The third-order valence-corrected chi connectivity index (χ3v) is 5.68. The number of carbonyl (C=O) groups is 1. The van der Waals surface area contributed by atoms with Crippen LogP contribution in [0.1, 0.15) is 5.76 Å². The summed E-state index contributed by atoms with van der Waals surface area (Å²) in [6.45, 7) is 0. The van der Waals surface area contributed by atoms with Gasteiger partial charge in [-0.2, -0.15) is 0 Å². The number of hydrogen-bond donors (Lipinski definition) is 1. The van der Waals surface area contributed by atoms with Crippen LogP contribution in [0, 0.1) is 5.41 Å². The topological polar surface area (TPSA) is 66.5 Å². The Morgan fingerprint density at radius 1 is 1.06 bits per heavy atom. The molecule has 5 nitrogen and oxygen atoms in total. The highest BCUT2D eigenvalue weighted by atomic mass is 35.5. The number of hydrogen-bond acceptors (Lipinski definition) is 5. The second kappa shape index (κ2) is 8.57. The van der Waals surface area contributed by atoms with E-state index in [0.717, 1.165) is 28.8 Å². The molecular formula is C21H11Cl2F3N2O3S. The predicted octanol–water partition coefficient (Wildman–Crippen LogP) is 7.21. The van der Waals surface area contributed by atoms with Crippen LogP contribution < -0.4 is 9.64 Å². The molecule has 11 heteroatoms. The first-order valence-corrected chi connectivity index (χ1v) is 10.4. The van der Waals surface area contributed by atoms with Crippen molar-refractivity contribution in [2.45, 2.75) is 6.36 Å². The molecule has 1 fully saturated rings. The van der Waals surface area contributed by atoms with Crippen LogP contribution in [-0.2, 0) is 4.79 Å². The number of amidine groups is 1. The Hall–Kier alpha value is -2.88. The summed E-state index contributed by atoms with van der Waals surface area (Å²) in [5.41, 5.74) is 0.861. The van der Waals surface area contributed by atoms with Gasteiger partial charge in [-0.25, -0.2) is 0 Å². The average Bonchev–Trinajstić information content (AvgIpc) is 3.26. The zero-order valence-electron chi connectivity index (χ0n) is 15.7. The molecule has 0 radical (unpaired) electrons. The largest absolute Gasteiger partial charge is 0.573 e. The molecule has 0 saturated carbocycles. The van der Waals surface area contributed by atoms with E-state index >= 15 is 0 Å². The normalized spacial score (nSPS) is 15.7. The summed E-state index contributed by atoms with van der Waals surface area (Å²) in [4.78, 5) is 14.1. The Morgan fingerprint density at radius 2 is 1.78 bits per heavy atom. The summed E-state index contributed by atoms with van der Waals surface area (Å²) in [5, 5.41) is 8.90. The summed E-state index contributed by atoms with van der Waals surface area (Å²) >= 11 is 13.0. The van der Waals surface area contributed by atoms with Gasteiger partial charge in [-0.15, -0.1) is 13.2 Å². The van der Waals surface area contributed by atoms with Gasteiger partial charge in [0.2, 0.25) is 0 Å². The van der Waals surface area contributed by atoms with Crippen LogP contribution >= 0.6 is 35.0 Å². The van der Waals surface area contributed by atoms with Gasteiger partial charge in [0.1, 0.15) is 17.3 Å². The fraction of sp³-hybridized carbons (Fsp3) is 0.0476. The average molecular weight is 499 g/mol. The molecule has 3 aromatic rings. The molecule has 1 aliphatic heterocycles. The molecule has 0 atom stereocenters. The Kier molecular flexibility index (Phi) is 5.98. The molecule has 0 unspecified atom stereocenters. The molecule has 1 amide bonds. The number of alkyl halides is 3. The molecule has 2 aromatic carbocycles. The number of benzene rings is 2. The zero-order chi connectivity index (χ0) is 23.0. The lowest BCUT2D eigenvalue weighted by atomic mass is 10.2. The number of anilines is 1. The molecule has 0 aliphatic carbocycles. The minimum Gasteiger partial charge on any atom is -0.457 e. The number of amides is 1. The Balaban J connectivity index is 1.55. The van der Waals surface area contributed by atoms with Crippen molar-refractivity contribution in [2.24, 2.45) is 0 Å². The summed E-state index contributed by atoms with van der Waals surface area (Å²) in [6, 6.07) is 13.0. The Bertz CT molecular complexity index is 1240. The molecule has 2 heterocycles. The predicted molar refractivity (Wildman–Crippen MR) is 118 cm³/mol. The second-order valence-corrected chi connectivity index (χ2v) is 8.30. The minimum absolute atomic E-state index is 0.0988. The van der Waals surface area contributed by atoms with Crippen LogP contribution in [0.2, 0.25) is 10.0 Å². The Labute approximate surface area is 193 Å². The van der Waals surface area contributed by atoms with Crippen LogP contribution in [0.4, 0.5) is 18.9 Å². The molecule has 32 heavy (non-hydrogen) atoms. The van der Waals surface area contributed by atoms with E-state index in [9.17, 15) is 18.0 Å². The highest BCUT2D eigenvalue weighted by Gasteiger charge is 2.34. The molecule has 0 spiro atoms. The van der Waals surface area contributed by atoms with Gasteiger partial charge in [-0.3, -0.25) is 15.1 Å². The molecule has 0 bridgehead atoms. The monoisotopic (exact) mass is 498 g/mol. The van der Waals surface area contributed by atoms with Gasteiger partial charge in [0.25, 0.3) is 5.91 Å². The molecule has 1 saturated heterocycles. The number of nitrogens with zero attached hydrogens (tertiary/aromatic N) is 1. The number of thioether (sulfide) groups is 1. The SMILES string of the molecule is N=C1S/C(=C\c2ccc(-c3ccc(Cl)cc3Cl)o2)C(=O)N1c1ccc(OC(F)(F)F)cc1. The lowest BCUT2D eigenvalue weighted by Crippen LogP contribution is -2.28. The van der Waals surface area contributed by atoms with E-state index in [2.05, 4.69) is 4.74 Å². The first-order chi connectivity index (χ1) is 15.1. The van der Waals surface area contributed by atoms with Crippen LogP contribution in [0.3, 0.4) is 0 Å². The van der Waals surface area contributed by atoms with Crippen molar-refractivity contribution in [3.63, 3.8) is 0 Å². The number of carbonyl (C=O) groups excluding carboxylic acids is 1. The van der Waals surface area contributed by atoms with Crippen molar-refractivity contribution in [1.82, 2.24) is 0 Å². The van der Waals surface area contributed by atoms with Gasteiger partial charge < -0.3 is 9.15 Å². The van der Waals surface area contributed by atoms with Crippen molar-refractivity contribution >= 4 is 57.8 Å². The maximum absolute atomic E-state index is 12.8. The highest BCUT2D eigenvalue weighted by Crippen LogP contribution is 2.37. The van der Waals surface area contributed by atoms with Gasteiger partial charge in [-0.1, -0.05) is 23.2 Å². The fourth-order valence-corrected chi connectivity index (χ4v) is 4.26. The van der Waals surface area contributed by atoms with E-state index in [4.69, 9.17) is 33.0 Å². The highest BCUT2D eigenvalue weighted by molar-refractivity contribution is 8.19. The molecule has 164 valence electrons. The van der Waals surface area contributed by atoms with E-state index in [1.165, 1.54) is 18.2 Å². The molecule has 1 aliphatic rings. The third kappa shape index (κ3) is 4.79. The molecule has 1 N–H and O–H groups in total. The van der Waals surface area contributed by atoms with Crippen LogP contribution in [-0.4, -0.2) is 17.4 Å². The lowest BCUT2D eigenvalue weighted by Gasteiger charge is -2.15. The van der Waals surface area contributed by atoms with E-state index in [0.29, 0.717) is 27.1 Å². The number of nitrogens with one attached hydrogen (secondary N) is 1. The van der Waals surface area contributed by atoms with Crippen molar-refractivity contribution in [3.8, 4) is 17.1 Å². The quantitative estimate of drug-likeness (QED) is 0.386. The second-order valence-electron chi connectivity index (χ2n) is 6.42. The zero-order valence-corrected chi connectivity index (χ0v) is 18.1. The van der Waals surface area contributed by atoms with Gasteiger partial charge >= 0.3 is 6.36 Å². The molecule has 1 aromatic heterocycles. The van der Waals surface area contributed by atoms with Crippen molar-refractivity contribution in [1.29, 1.82) is 5.41 Å². The fourth-order valence-electron chi connectivity index (χ4n) is 2.91. The van der Waals surface area contributed by atoms with Crippen molar-refractivity contribution in [2.75, 3.05) is 4.90 Å². The maximum atomic E-state index is 12.8. The van der Waals surface area contributed by atoms with E-state index < -0.39 is 18.0 Å². The first-order valence-electron chi connectivity index (χ1n) is 8.84. The smallest absolute Gasteiger partial charge is 0.457 e. The summed E-state index contributed by atoms with van der Waals surface area (Å²) in [5.74, 6) is -0.0922. The van der Waals surface area contributed by atoms with Gasteiger partial charge in [0, 0.05) is 16.7 Å². The summed E-state index contributed by atoms with van der Waals surface area (Å²) < 4.78 is 46.5. The van der Waals surface area contributed by atoms with E-state index in [1.54, 1.807) is 30.3 Å². The number of rotatable bonds is 4. The summed E-state index contributed by atoms with van der Waals surface area (Å²) in [6.07, 6.45) is -3.34. The Morgan fingerprint density at radius 3 is 2.44 bits per heavy atom. The number of ether oxygens (including phenoxy) is 1. The van der Waals surface area contributed by atoms with E-state index in [-0.39, 0.29) is 15.8 Å². The van der Waals surface area contributed by atoms with Gasteiger partial charge in [-0.05, 0) is 66.4 Å². The molecule has 4 rings (SSSR count). The maximum Gasteiger partial charge on any atom is 0.573 e. The summed E-state index contributed by atoms with van der Waals surface area (Å²) in [7, 11) is 0. The van der Waals surface area contributed by atoms with Crippen molar-refractivity contribution in [3.05, 3.63) is 75.3 Å². The van der Waals surface area contributed by atoms with Gasteiger partial charge in [0.05, 0.1) is 15.6 Å². The van der Waals surface area contributed by atoms with Crippen LogP contribution in [0.5, 0.6) is 5.75 Å². The lowest BCUT2D eigenvalue weighted by molar-refractivity contribution is -0.274. The van der Waals surface area contributed by atoms with E-state index in [1.807, 2.05) is 0 Å². The number of halogens is 5. The standard InChI is InChI=1S/C21H11Cl2F3N2O3S/c22-11-1-7-15(16(23)9-11)17-8-6-14(30-17)10-18-19(29)28(20(27)32-18)12-2-4-13(5-3-12)31-21(24,25)26/h1-10,27H/b18-10-,27-20?. The van der Waals surface area contributed by atoms with Crippen LogP contribution in [0.25, 0.3) is 17.4 Å². The number of furan rings is 1. The third-order valence-electron chi connectivity index (χ3n) is 4.25. The minimum atomic E-state index is -4.82. The van der Waals surface area contributed by atoms with Crippen LogP contribution in [0.15, 0.2) is 63.9 Å². The van der Waals surface area contributed by atoms with Gasteiger partial charge in [0.15, 0.2) is 5.17 Å². The first kappa shape index (κ1) is 22.3.